The lowest BCUT2D eigenvalue weighted by atomic mass is 10.1. The predicted octanol–water partition coefficient (Wildman–Crippen LogP) is 5.63. The summed E-state index contributed by atoms with van der Waals surface area (Å²) in [5, 5.41) is 10.9. The van der Waals surface area contributed by atoms with E-state index in [1.54, 1.807) is 12.3 Å². The molecule has 4 aromatic heterocycles. The number of morpholine rings is 1. The molecule has 1 aliphatic rings. The highest BCUT2D eigenvalue weighted by Crippen LogP contribution is 2.29. The van der Waals surface area contributed by atoms with Crippen molar-refractivity contribution in [1.82, 2.24) is 24.3 Å². The average Bonchev–Trinajstić information content (AvgIpc) is 3.40. The highest BCUT2D eigenvalue weighted by molar-refractivity contribution is 5.86. The highest BCUT2D eigenvalue weighted by atomic mass is 16.5. The molecule has 5 aromatic rings. The van der Waals surface area contributed by atoms with Gasteiger partial charge in [0.2, 0.25) is 0 Å². The molecule has 208 valence electrons. The predicted molar refractivity (Wildman–Crippen MR) is 160 cm³/mol. The zero-order valence-electron chi connectivity index (χ0n) is 23.2. The Labute approximate surface area is 237 Å². The van der Waals surface area contributed by atoms with Gasteiger partial charge < -0.3 is 14.7 Å². The molecule has 0 bridgehead atoms. The minimum atomic E-state index is -1.05. The van der Waals surface area contributed by atoms with Crippen LogP contribution in [-0.4, -0.2) is 67.4 Å². The average molecular weight is 550 g/mol. The van der Waals surface area contributed by atoms with Crippen LogP contribution in [0.2, 0.25) is 0 Å². The molecule has 10 nitrogen and oxygen atoms in total. The van der Waals surface area contributed by atoms with E-state index in [4.69, 9.17) is 19.7 Å². The Bertz CT molecular complexity index is 1750. The van der Waals surface area contributed by atoms with Gasteiger partial charge in [0.05, 0.1) is 42.0 Å². The number of benzene rings is 1. The molecule has 1 fully saturated rings. The van der Waals surface area contributed by atoms with Gasteiger partial charge in [-0.15, -0.1) is 0 Å². The molecule has 5 heterocycles. The van der Waals surface area contributed by atoms with Gasteiger partial charge in [-0.3, -0.25) is 9.30 Å². The van der Waals surface area contributed by atoms with Crippen molar-refractivity contribution in [1.29, 1.82) is 0 Å². The third-order valence-corrected chi connectivity index (χ3v) is 6.98. The Hall–Kier alpha value is -4.83. The summed E-state index contributed by atoms with van der Waals surface area (Å²) < 4.78 is 7.57. The number of ether oxygens (including phenoxy) is 1. The van der Waals surface area contributed by atoms with Crippen molar-refractivity contribution in [2.75, 3.05) is 36.1 Å². The van der Waals surface area contributed by atoms with E-state index in [1.807, 2.05) is 86.1 Å². The van der Waals surface area contributed by atoms with Crippen LogP contribution in [0.1, 0.15) is 32.2 Å². The quantitative estimate of drug-likeness (QED) is 0.301. The molecule has 1 aliphatic heterocycles. The third-order valence-electron chi connectivity index (χ3n) is 6.98. The number of fused-ring (bicyclic) bond motifs is 2. The number of amides is 1. The number of hydrogen-bond acceptors (Lipinski definition) is 7. The third kappa shape index (κ3) is 5.33. The lowest BCUT2D eigenvalue weighted by molar-refractivity contribution is 0.122. The monoisotopic (exact) mass is 549 g/mol. The molecule has 0 radical (unpaired) electrons. The molecule has 1 amide bonds. The number of imidazole rings is 1. The molecule has 0 atom stereocenters. The van der Waals surface area contributed by atoms with Crippen molar-refractivity contribution in [3.05, 3.63) is 78.5 Å². The molecule has 1 aromatic carbocycles. The van der Waals surface area contributed by atoms with E-state index in [-0.39, 0.29) is 0 Å². The topological polar surface area (TPSA) is 109 Å². The van der Waals surface area contributed by atoms with Gasteiger partial charge in [-0.05, 0) is 57.2 Å². The number of rotatable bonds is 5. The standard InChI is InChI=1S/C31H31N7O3/c1-31(2,3)38(30(39)40)27-13-9-22(18-32-27)26-19-33-28(36-14-16-41-17-15-36)29-35-24(20-37(26)29)12-11-23-10-8-21-6-4-5-7-25(21)34-23/h4-13,18-20H,14-17H2,1-3H3,(H,39,40)/b12-11+. The Balaban J connectivity index is 1.40. The number of carboxylic acid groups (broad SMARTS) is 1. The Morgan fingerprint density at radius 3 is 2.46 bits per heavy atom. The smallest absolute Gasteiger partial charge is 0.413 e. The second-order valence-electron chi connectivity index (χ2n) is 10.9. The van der Waals surface area contributed by atoms with Crippen molar-refractivity contribution >= 4 is 46.4 Å². The first-order chi connectivity index (χ1) is 19.8. The maximum absolute atomic E-state index is 11.9. The van der Waals surface area contributed by atoms with Gasteiger partial charge in [-0.25, -0.2) is 24.7 Å². The number of hydrogen-bond donors (Lipinski definition) is 1. The first-order valence-electron chi connectivity index (χ1n) is 13.5. The van der Waals surface area contributed by atoms with Crippen LogP contribution < -0.4 is 9.80 Å². The number of aromatic nitrogens is 5. The number of pyridine rings is 2. The maximum Gasteiger partial charge on any atom is 0.413 e. The molecule has 0 unspecified atom stereocenters. The van der Waals surface area contributed by atoms with Crippen LogP contribution in [0.3, 0.4) is 0 Å². The fourth-order valence-corrected chi connectivity index (χ4v) is 5.02. The van der Waals surface area contributed by atoms with E-state index in [0.717, 1.165) is 58.1 Å². The van der Waals surface area contributed by atoms with Gasteiger partial charge in [0, 0.05) is 42.0 Å². The van der Waals surface area contributed by atoms with Crippen molar-refractivity contribution in [3.63, 3.8) is 0 Å². The van der Waals surface area contributed by atoms with E-state index < -0.39 is 11.6 Å². The van der Waals surface area contributed by atoms with Crippen molar-refractivity contribution in [3.8, 4) is 11.3 Å². The molecule has 0 saturated carbocycles. The number of carbonyl (C=O) groups is 1. The second-order valence-corrected chi connectivity index (χ2v) is 10.9. The van der Waals surface area contributed by atoms with Crippen LogP contribution in [0, 0.1) is 0 Å². The number of nitrogens with zero attached hydrogens (tertiary/aromatic N) is 7. The molecular weight excluding hydrogens is 518 g/mol. The van der Waals surface area contributed by atoms with Crippen molar-refractivity contribution < 1.29 is 14.6 Å². The van der Waals surface area contributed by atoms with Gasteiger partial charge in [0.1, 0.15) is 5.82 Å². The van der Waals surface area contributed by atoms with E-state index >= 15 is 0 Å². The number of para-hydroxylation sites is 1. The van der Waals surface area contributed by atoms with E-state index in [0.29, 0.717) is 19.0 Å². The van der Waals surface area contributed by atoms with E-state index in [9.17, 15) is 9.90 Å². The first-order valence-corrected chi connectivity index (χ1v) is 13.5. The molecule has 0 aliphatic carbocycles. The van der Waals surface area contributed by atoms with Gasteiger partial charge in [0.15, 0.2) is 11.5 Å². The Morgan fingerprint density at radius 2 is 1.73 bits per heavy atom. The molecule has 6 rings (SSSR count). The van der Waals surface area contributed by atoms with Gasteiger partial charge in [-0.1, -0.05) is 24.3 Å². The largest absolute Gasteiger partial charge is 0.465 e. The Kier molecular flexibility index (Phi) is 6.84. The van der Waals surface area contributed by atoms with E-state index in [1.165, 1.54) is 4.90 Å². The summed E-state index contributed by atoms with van der Waals surface area (Å²) in [6.45, 7) is 8.24. The van der Waals surface area contributed by atoms with Crippen LogP contribution >= 0.6 is 0 Å². The summed E-state index contributed by atoms with van der Waals surface area (Å²) in [6, 6.07) is 15.7. The fourth-order valence-electron chi connectivity index (χ4n) is 5.02. The van der Waals surface area contributed by atoms with Gasteiger partial charge in [0.25, 0.3) is 0 Å². The van der Waals surface area contributed by atoms with Crippen molar-refractivity contribution in [2.45, 2.75) is 26.3 Å². The summed E-state index contributed by atoms with van der Waals surface area (Å²) in [5.74, 6) is 1.15. The minimum Gasteiger partial charge on any atom is -0.465 e. The molecule has 1 N–H and O–H groups in total. The minimum absolute atomic E-state index is 0.361. The Morgan fingerprint density at radius 1 is 0.951 bits per heavy atom. The van der Waals surface area contributed by atoms with Crippen LogP contribution in [0.25, 0.3) is 40.0 Å². The zero-order chi connectivity index (χ0) is 28.6. The van der Waals surface area contributed by atoms with Gasteiger partial charge in [-0.2, -0.15) is 0 Å². The first kappa shape index (κ1) is 26.4. The summed E-state index contributed by atoms with van der Waals surface area (Å²) in [6.07, 6.45) is 8.32. The van der Waals surface area contributed by atoms with Gasteiger partial charge >= 0.3 is 6.09 Å². The van der Waals surface area contributed by atoms with Crippen LogP contribution in [0.4, 0.5) is 16.4 Å². The normalized spacial score (nSPS) is 14.3. The summed E-state index contributed by atoms with van der Waals surface area (Å²) in [4.78, 5) is 34.4. The SMILES string of the molecule is CC(C)(C)N(C(=O)O)c1ccc(-c2cnc(N3CCOCC3)c3nc(/C=C/c4ccc5ccccc5n4)cn23)cn1. The van der Waals surface area contributed by atoms with E-state index in [2.05, 4.69) is 16.0 Å². The molecule has 0 spiro atoms. The second kappa shape index (κ2) is 10.6. The van der Waals surface area contributed by atoms with Crippen LogP contribution in [0.15, 0.2) is 67.1 Å². The molecule has 1 saturated heterocycles. The van der Waals surface area contributed by atoms with Crippen LogP contribution in [0.5, 0.6) is 0 Å². The summed E-state index contributed by atoms with van der Waals surface area (Å²) in [5.41, 5.74) is 4.22. The van der Waals surface area contributed by atoms with Crippen molar-refractivity contribution in [2.24, 2.45) is 0 Å². The maximum atomic E-state index is 11.9. The number of anilines is 2. The fraction of sp³-hybridized carbons (Fsp3) is 0.258. The summed E-state index contributed by atoms with van der Waals surface area (Å²) >= 11 is 0. The lowest BCUT2D eigenvalue weighted by Crippen LogP contribution is -2.45. The molecular formula is C31H31N7O3. The highest BCUT2D eigenvalue weighted by Gasteiger charge is 2.29. The zero-order valence-corrected chi connectivity index (χ0v) is 23.2. The molecule has 10 heteroatoms. The lowest BCUT2D eigenvalue weighted by Gasteiger charge is -2.32. The summed E-state index contributed by atoms with van der Waals surface area (Å²) in [7, 11) is 0. The molecule has 41 heavy (non-hydrogen) atoms. The van der Waals surface area contributed by atoms with Crippen LogP contribution in [-0.2, 0) is 4.74 Å².